The molecule has 0 spiro atoms. The molecular formula is C23H22F2N6O2. The molecule has 0 saturated carbocycles. The van der Waals surface area contributed by atoms with Gasteiger partial charge in [-0.1, -0.05) is 13.8 Å². The second-order valence-corrected chi connectivity index (χ2v) is 8.00. The van der Waals surface area contributed by atoms with E-state index in [4.69, 9.17) is 10.8 Å². The van der Waals surface area contributed by atoms with Gasteiger partial charge in [-0.05, 0) is 54.3 Å². The van der Waals surface area contributed by atoms with Crippen molar-refractivity contribution >= 4 is 28.4 Å². The standard InChI is InChI=1S/C23H22F2N6O2/c1-11(2)18-19-20(22(26)28-10-27-19)31(30-18)17-5-4-16(6-12(17)3)29-23(33)21(32)13-7-14(24)9-15(25)8-13/h4-11,21,32H,1-3H3,(H,29,33)(H2,26,27,28)/t21-/m1/s1. The van der Waals surface area contributed by atoms with Crippen molar-refractivity contribution in [3.05, 3.63) is 71.2 Å². The van der Waals surface area contributed by atoms with Crippen LogP contribution in [-0.4, -0.2) is 30.8 Å². The Morgan fingerprint density at radius 2 is 1.82 bits per heavy atom. The van der Waals surface area contributed by atoms with Crippen LogP contribution in [0.2, 0.25) is 0 Å². The second kappa shape index (κ2) is 8.55. The quantitative estimate of drug-likeness (QED) is 0.424. The number of benzene rings is 2. The number of halogens is 2. The third-order valence-electron chi connectivity index (χ3n) is 5.20. The maximum atomic E-state index is 13.4. The lowest BCUT2D eigenvalue weighted by Gasteiger charge is -2.14. The van der Waals surface area contributed by atoms with E-state index in [1.54, 1.807) is 22.9 Å². The van der Waals surface area contributed by atoms with Gasteiger partial charge in [0.1, 0.15) is 29.0 Å². The van der Waals surface area contributed by atoms with E-state index in [0.717, 1.165) is 23.4 Å². The van der Waals surface area contributed by atoms with E-state index in [0.29, 0.717) is 34.3 Å². The van der Waals surface area contributed by atoms with Crippen LogP contribution in [0.25, 0.3) is 16.7 Å². The molecule has 4 rings (SSSR count). The molecule has 0 saturated heterocycles. The van der Waals surface area contributed by atoms with Gasteiger partial charge in [0.05, 0.1) is 11.4 Å². The Balaban J connectivity index is 1.65. The van der Waals surface area contributed by atoms with Crippen molar-refractivity contribution in [3.8, 4) is 5.69 Å². The molecule has 170 valence electrons. The molecular weight excluding hydrogens is 430 g/mol. The number of aryl methyl sites for hydroxylation is 1. The summed E-state index contributed by atoms with van der Waals surface area (Å²) >= 11 is 0. The second-order valence-electron chi connectivity index (χ2n) is 8.00. The van der Waals surface area contributed by atoms with E-state index in [9.17, 15) is 18.7 Å². The average Bonchev–Trinajstić information content (AvgIpc) is 3.13. The summed E-state index contributed by atoms with van der Waals surface area (Å²) in [5.41, 5.74) is 9.81. The molecule has 0 radical (unpaired) electrons. The van der Waals surface area contributed by atoms with E-state index in [2.05, 4.69) is 15.3 Å². The number of fused-ring (bicyclic) bond motifs is 1. The van der Waals surface area contributed by atoms with Crippen LogP contribution in [0.1, 0.15) is 42.7 Å². The van der Waals surface area contributed by atoms with E-state index in [1.165, 1.54) is 6.33 Å². The SMILES string of the molecule is Cc1cc(NC(=O)[C@H](O)c2cc(F)cc(F)c2)ccc1-n1nc(C(C)C)c2ncnc(N)c21. The molecule has 10 heteroatoms. The molecule has 4 aromatic rings. The van der Waals surface area contributed by atoms with Crippen molar-refractivity contribution < 1.29 is 18.7 Å². The molecule has 0 aliphatic rings. The summed E-state index contributed by atoms with van der Waals surface area (Å²) in [6.07, 6.45) is -0.340. The van der Waals surface area contributed by atoms with Crippen LogP contribution in [0.15, 0.2) is 42.7 Å². The zero-order valence-corrected chi connectivity index (χ0v) is 18.2. The predicted octanol–water partition coefficient (Wildman–Crippen LogP) is 3.78. The molecule has 1 amide bonds. The number of hydrogen-bond acceptors (Lipinski definition) is 6. The number of rotatable bonds is 5. The van der Waals surface area contributed by atoms with Crippen molar-refractivity contribution in [1.82, 2.24) is 19.7 Å². The number of carbonyl (C=O) groups excluding carboxylic acids is 1. The van der Waals surface area contributed by atoms with E-state index < -0.39 is 23.6 Å². The van der Waals surface area contributed by atoms with Crippen LogP contribution in [0.3, 0.4) is 0 Å². The summed E-state index contributed by atoms with van der Waals surface area (Å²) in [7, 11) is 0. The Hall–Kier alpha value is -3.92. The van der Waals surface area contributed by atoms with Gasteiger partial charge in [0.2, 0.25) is 0 Å². The van der Waals surface area contributed by atoms with Crippen molar-refractivity contribution in [2.45, 2.75) is 32.8 Å². The third-order valence-corrected chi connectivity index (χ3v) is 5.20. The van der Waals surface area contributed by atoms with Gasteiger partial charge in [-0.2, -0.15) is 5.10 Å². The van der Waals surface area contributed by atoms with Crippen molar-refractivity contribution in [2.75, 3.05) is 11.1 Å². The molecule has 33 heavy (non-hydrogen) atoms. The molecule has 8 nitrogen and oxygen atoms in total. The van der Waals surface area contributed by atoms with Gasteiger partial charge in [0.25, 0.3) is 5.91 Å². The minimum Gasteiger partial charge on any atom is -0.382 e. The normalized spacial score (nSPS) is 12.3. The number of aromatic nitrogens is 4. The fraction of sp³-hybridized carbons (Fsp3) is 0.217. The fourth-order valence-corrected chi connectivity index (χ4v) is 3.62. The number of nitrogens with one attached hydrogen (secondary N) is 1. The number of nitrogen functional groups attached to an aromatic ring is 1. The summed E-state index contributed by atoms with van der Waals surface area (Å²) < 4.78 is 28.5. The molecule has 0 aliphatic carbocycles. The van der Waals surface area contributed by atoms with E-state index in [-0.39, 0.29) is 11.5 Å². The largest absolute Gasteiger partial charge is 0.382 e. The van der Waals surface area contributed by atoms with Gasteiger partial charge in [-0.25, -0.2) is 23.4 Å². The summed E-state index contributed by atoms with van der Waals surface area (Å²) in [6.45, 7) is 5.84. The number of amides is 1. The van der Waals surface area contributed by atoms with Crippen molar-refractivity contribution in [1.29, 1.82) is 0 Å². The van der Waals surface area contributed by atoms with Gasteiger partial charge in [0.15, 0.2) is 11.9 Å². The lowest BCUT2D eigenvalue weighted by molar-refractivity contribution is -0.124. The number of nitrogens with zero attached hydrogens (tertiary/aromatic N) is 4. The Morgan fingerprint density at radius 3 is 2.45 bits per heavy atom. The minimum atomic E-state index is -1.74. The maximum absolute atomic E-state index is 13.4. The molecule has 0 fully saturated rings. The maximum Gasteiger partial charge on any atom is 0.257 e. The smallest absolute Gasteiger partial charge is 0.257 e. The highest BCUT2D eigenvalue weighted by atomic mass is 19.1. The number of anilines is 2. The number of carbonyl (C=O) groups is 1. The summed E-state index contributed by atoms with van der Waals surface area (Å²) in [4.78, 5) is 20.9. The average molecular weight is 452 g/mol. The van der Waals surface area contributed by atoms with Crippen LogP contribution in [0, 0.1) is 18.6 Å². The number of nitrogens with two attached hydrogens (primary N) is 1. The van der Waals surface area contributed by atoms with Gasteiger partial charge in [-0.3, -0.25) is 4.79 Å². The Bertz CT molecular complexity index is 1350. The summed E-state index contributed by atoms with van der Waals surface area (Å²) in [6, 6.07) is 7.53. The highest BCUT2D eigenvalue weighted by Crippen LogP contribution is 2.30. The number of hydrogen-bond donors (Lipinski definition) is 3. The Labute approximate surface area is 188 Å². The Kier molecular flexibility index (Phi) is 5.77. The number of aliphatic hydroxyl groups excluding tert-OH is 1. The Morgan fingerprint density at radius 1 is 1.12 bits per heavy atom. The first-order valence-corrected chi connectivity index (χ1v) is 10.2. The van der Waals surface area contributed by atoms with E-state index in [1.807, 2.05) is 20.8 Å². The highest BCUT2D eigenvalue weighted by Gasteiger charge is 2.21. The first kappa shape index (κ1) is 22.3. The molecule has 0 bridgehead atoms. The lowest BCUT2D eigenvalue weighted by Crippen LogP contribution is -2.21. The monoisotopic (exact) mass is 452 g/mol. The van der Waals surface area contributed by atoms with Crippen LogP contribution < -0.4 is 11.1 Å². The molecule has 1 atom stereocenters. The van der Waals surface area contributed by atoms with Crippen LogP contribution in [0.5, 0.6) is 0 Å². The number of aliphatic hydroxyl groups is 1. The first-order valence-electron chi connectivity index (χ1n) is 10.2. The van der Waals surface area contributed by atoms with Crippen molar-refractivity contribution in [3.63, 3.8) is 0 Å². The fourth-order valence-electron chi connectivity index (χ4n) is 3.62. The van der Waals surface area contributed by atoms with Crippen LogP contribution in [-0.2, 0) is 4.79 Å². The molecule has 4 N–H and O–H groups in total. The molecule has 0 unspecified atom stereocenters. The topological polar surface area (TPSA) is 119 Å². The highest BCUT2D eigenvalue weighted by molar-refractivity contribution is 5.95. The van der Waals surface area contributed by atoms with Crippen LogP contribution in [0.4, 0.5) is 20.3 Å². The molecule has 2 aromatic carbocycles. The molecule has 2 heterocycles. The zero-order valence-electron chi connectivity index (χ0n) is 18.2. The molecule has 2 aromatic heterocycles. The van der Waals surface area contributed by atoms with Gasteiger partial charge >= 0.3 is 0 Å². The predicted molar refractivity (Wildman–Crippen MR) is 120 cm³/mol. The molecule has 0 aliphatic heterocycles. The van der Waals surface area contributed by atoms with Gasteiger partial charge in [0, 0.05) is 11.8 Å². The van der Waals surface area contributed by atoms with Crippen LogP contribution >= 0.6 is 0 Å². The first-order chi connectivity index (χ1) is 15.7. The summed E-state index contributed by atoms with van der Waals surface area (Å²) in [5, 5.41) is 17.5. The van der Waals surface area contributed by atoms with E-state index >= 15 is 0 Å². The van der Waals surface area contributed by atoms with Crippen molar-refractivity contribution in [2.24, 2.45) is 0 Å². The minimum absolute atomic E-state index is 0.107. The lowest BCUT2D eigenvalue weighted by atomic mass is 10.1. The van der Waals surface area contributed by atoms with Gasteiger partial charge in [-0.15, -0.1) is 0 Å². The zero-order chi connectivity index (χ0) is 23.9. The third kappa shape index (κ3) is 4.24. The van der Waals surface area contributed by atoms with Gasteiger partial charge < -0.3 is 16.2 Å². The summed E-state index contributed by atoms with van der Waals surface area (Å²) in [5.74, 6) is -2.19.